The van der Waals surface area contributed by atoms with E-state index in [-0.39, 0.29) is 17.8 Å². The van der Waals surface area contributed by atoms with Gasteiger partial charge in [0.05, 0.1) is 6.10 Å². The first-order valence-corrected chi connectivity index (χ1v) is 5.09. The highest BCUT2D eigenvalue weighted by Crippen LogP contribution is 2.19. The number of nitrogens with one attached hydrogen (secondary N) is 1. The molecule has 0 saturated heterocycles. The van der Waals surface area contributed by atoms with Gasteiger partial charge < -0.3 is 0 Å². The van der Waals surface area contributed by atoms with Crippen LogP contribution in [0.25, 0.3) is 0 Å². The van der Waals surface area contributed by atoms with Crippen molar-refractivity contribution >= 4 is 5.91 Å². The Morgan fingerprint density at radius 2 is 2.00 bits per heavy atom. The van der Waals surface area contributed by atoms with Crippen molar-refractivity contribution in [3.8, 4) is 0 Å². The molecule has 1 saturated carbocycles. The normalized spacial score (nSPS) is 16.5. The van der Waals surface area contributed by atoms with Crippen molar-refractivity contribution < 1.29 is 9.63 Å². The summed E-state index contributed by atoms with van der Waals surface area (Å²) in [6.07, 6.45) is 7.56. The maximum atomic E-state index is 11.4. The lowest BCUT2D eigenvalue weighted by molar-refractivity contribution is -0.0130. The Bertz CT molecular complexity index is 323. The Hall–Kier alpha value is -1.49. The molecule has 15 heavy (non-hydrogen) atoms. The van der Waals surface area contributed by atoms with E-state index < -0.39 is 0 Å². The average molecular weight is 207 g/mol. The molecular formula is C10H13N3O2. The molecule has 0 atom stereocenters. The summed E-state index contributed by atoms with van der Waals surface area (Å²) >= 11 is 0. The second-order valence-electron chi connectivity index (χ2n) is 3.53. The van der Waals surface area contributed by atoms with Gasteiger partial charge in [-0.05, 0) is 18.9 Å². The third kappa shape index (κ3) is 2.73. The van der Waals surface area contributed by atoms with Crippen molar-refractivity contribution in [1.82, 2.24) is 15.4 Å². The van der Waals surface area contributed by atoms with Gasteiger partial charge in [0, 0.05) is 12.4 Å². The van der Waals surface area contributed by atoms with Crippen LogP contribution in [-0.2, 0) is 4.84 Å². The van der Waals surface area contributed by atoms with Gasteiger partial charge in [0.2, 0.25) is 5.82 Å². The molecule has 5 heteroatoms. The van der Waals surface area contributed by atoms with E-state index in [1.54, 1.807) is 6.07 Å². The van der Waals surface area contributed by atoms with E-state index in [1.807, 2.05) is 0 Å². The van der Waals surface area contributed by atoms with Gasteiger partial charge >= 0.3 is 5.91 Å². The highest BCUT2D eigenvalue weighted by Gasteiger charge is 2.17. The van der Waals surface area contributed by atoms with Crippen molar-refractivity contribution in [1.29, 1.82) is 0 Å². The van der Waals surface area contributed by atoms with Crippen LogP contribution in [0.5, 0.6) is 0 Å². The Labute approximate surface area is 87.8 Å². The largest absolute Gasteiger partial charge is 0.312 e. The lowest BCUT2D eigenvalue weighted by Crippen LogP contribution is -2.29. The van der Waals surface area contributed by atoms with E-state index >= 15 is 0 Å². The molecule has 0 bridgehead atoms. The van der Waals surface area contributed by atoms with E-state index in [9.17, 15) is 4.79 Å². The number of hydroxylamine groups is 1. The molecule has 1 aromatic rings. The Kier molecular flexibility index (Phi) is 3.24. The molecule has 0 spiro atoms. The van der Waals surface area contributed by atoms with Gasteiger partial charge in [-0.1, -0.05) is 12.8 Å². The Morgan fingerprint density at radius 3 is 2.67 bits per heavy atom. The molecular weight excluding hydrogens is 194 g/mol. The highest BCUT2D eigenvalue weighted by molar-refractivity contribution is 5.89. The number of carbonyl (C=O) groups is 1. The fourth-order valence-electron chi connectivity index (χ4n) is 1.61. The van der Waals surface area contributed by atoms with E-state index in [1.165, 1.54) is 25.2 Å². The third-order valence-corrected chi connectivity index (χ3v) is 2.39. The molecule has 1 N–H and O–H groups in total. The SMILES string of the molecule is O=C(NOC1CCCC1)c1ncccn1. The molecule has 80 valence electrons. The van der Waals surface area contributed by atoms with E-state index in [4.69, 9.17) is 4.84 Å². The van der Waals surface area contributed by atoms with Crippen molar-refractivity contribution in [3.05, 3.63) is 24.3 Å². The molecule has 1 aromatic heterocycles. The van der Waals surface area contributed by atoms with Crippen molar-refractivity contribution in [2.75, 3.05) is 0 Å². The average Bonchev–Trinajstić information content (AvgIpc) is 2.80. The lowest BCUT2D eigenvalue weighted by atomic mass is 10.3. The lowest BCUT2D eigenvalue weighted by Gasteiger charge is -2.10. The zero-order valence-electron chi connectivity index (χ0n) is 8.35. The first-order chi connectivity index (χ1) is 7.36. The first-order valence-electron chi connectivity index (χ1n) is 5.09. The van der Waals surface area contributed by atoms with Gasteiger partial charge in [0.15, 0.2) is 0 Å². The number of carbonyl (C=O) groups excluding carboxylic acids is 1. The molecule has 0 aliphatic heterocycles. The molecule has 0 aromatic carbocycles. The fourth-order valence-corrected chi connectivity index (χ4v) is 1.61. The summed E-state index contributed by atoms with van der Waals surface area (Å²) in [5.41, 5.74) is 2.38. The molecule has 0 radical (unpaired) electrons. The molecule has 1 heterocycles. The van der Waals surface area contributed by atoms with Gasteiger partial charge in [-0.2, -0.15) is 0 Å². The Balaban J connectivity index is 1.82. The maximum absolute atomic E-state index is 11.4. The van der Waals surface area contributed by atoms with Gasteiger partial charge in [-0.25, -0.2) is 15.4 Å². The summed E-state index contributed by atoms with van der Waals surface area (Å²) < 4.78 is 0. The summed E-state index contributed by atoms with van der Waals surface area (Å²) in [6.45, 7) is 0. The number of aromatic nitrogens is 2. The van der Waals surface area contributed by atoms with E-state index in [0.29, 0.717) is 0 Å². The van der Waals surface area contributed by atoms with E-state index in [2.05, 4.69) is 15.4 Å². The summed E-state index contributed by atoms with van der Waals surface area (Å²) in [5, 5.41) is 0. The molecule has 1 aliphatic carbocycles. The van der Waals surface area contributed by atoms with Crippen molar-refractivity contribution in [2.45, 2.75) is 31.8 Å². The van der Waals surface area contributed by atoms with Crippen LogP contribution in [0.15, 0.2) is 18.5 Å². The number of nitrogens with zero attached hydrogens (tertiary/aromatic N) is 2. The van der Waals surface area contributed by atoms with Gasteiger partial charge in [-0.3, -0.25) is 9.63 Å². The minimum atomic E-state index is -0.387. The van der Waals surface area contributed by atoms with Crippen LogP contribution >= 0.6 is 0 Å². The van der Waals surface area contributed by atoms with E-state index in [0.717, 1.165) is 12.8 Å². The van der Waals surface area contributed by atoms with Crippen LogP contribution in [0.1, 0.15) is 36.3 Å². The third-order valence-electron chi connectivity index (χ3n) is 2.39. The first kappa shape index (κ1) is 10.0. The highest BCUT2D eigenvalue weighted by atomic mass is 16.7. The molecule has 5 nitrogen and oxygen atoms in total. The molecule has 2 rings (SSSR count). The second kappa shape index (κ2) is 4.84. The smallest absolute Gasteiger partial charge is 0.270 e. The van der Waals surface area contributed by atoms with Crippen molar-refractivity contribution in [2.24, 2.45) is 0 Å². The van der Waals surface area contributed by atoms with Crippen LogP contribution in [0.4, 0.5) is 0 Å². The van der Waals surface area contributed by atoms with Crippen LogP contribution in [0.3, 0.4) is 0 Å². The standard InChI is InChI=1S/C10H13N3O2/c14-10(9-11-6-3-7-12-9)13-15-8-4-1-2-5-8/h3,6-8H,1-2,4-5H2,(H,13,14). The van der Waals surface area contributed by atoms with Crippen LogP contribution in [-0.4, -0.2) is 22.0 Å². The number of hydrogen-bond acceptors (Lipinski definition) is 4. The molecule has 1 fully saturated rings. The fraction of sp³-hybridized carbons (Fsp3) is 0.500. The van der Waals surface area contributed by atoms with Gasteiger partial charge in [0.1, 0.15) is 0 Å². The number of rotatable bonds is 3. The number of amides is 1. The van der Waals surface area contributed by atoms with Gasteiger partial charge in [0.25, 0.3) is 0 Å². The zero-order valence-corrected chi connectivity index (χ0v) is 8.35. The molecule has 1 aliphatic rings. The predicted molar refractivity (Wildman–Crippen MR) is 52.8 cm³/mol. The Morgan fingerprint density at radius 1 is 1.33 bits per heavy atom. The predicted octanol–water partition coefficient (Wildman–Crippen LogP) is 1.08. The molecule has 0 unspecified atom stereocenters. The zero-order chi connectivity index (χ0) is 10.5. The summed E-state index contributed by atoms with van der Waals surface area (Å²) in [6, 6.07) is 1.66. The minimum Gasteiger partial charge on any atom is -0.270 e. The van der Waals surface area contributed by atoms with Crippen LogP contribution in [0.2, 0.25) is 0 Å². The maximum Gasteiger partial charge on any atom is 0.312 e. The summed E-state index contributed by atoms with van der Waals surface area (Å²) in [7, 11) is 0. The van der Waals surface area contributed by atoms with Crippen LogP contribution < -0.4 is 5.48 Å². The number of hydrogen-bond donors (Lipinski definition) is 1. The quantitative estimate of drug-likeness (QED) is 0.753. The van der Waals surface area contributed by atoms with Crippen molar-refractivity contribution in [3.63, 3.8) is 0 Å². The minimum absolute atomic E-state index is 0.135. The van der Waals surface area contributed by atoms with Crippen LogP contribution in [0, 0.1) is 0 Å². The topological polar surface area (TPSA) is 64.1 Å². The van der Waals surface area contributed by atoms with Gasteiger partial charge in [-0.15, -0.1) is 0 Å². The molecule has 1 amide bonds. The second-order valence-corrected chi connectivity index (χ2v) is 3.53. The summed E-state index contributed by atoms with van der Waals surface area (Å²) in [5.74, 6) is -0.252. The summed E-state index contributed by atoms with van der Waals surface area (Å²) in [4.78, 5) is 24.3. The monoisotopic (exact) mass is 207 g/mol.